The van der Waals surface area contributed by atoms with Crippen molar-refractivity contribution in [2.45, 2.75) is 20.8 Å². The van der Waals surface area contributed by atoms with Crippen molar-refractivity contribution in [2.24, 2.45) is 0 Å². The number of fused-ring (bicyclic) bond motifs is 2. The topological polar surface area (TPSA) is 33.2 Å². The number of anilines is 1. The zero-order chi connectivity index (χ0) is 18.4. The molecule has 0 fully saturated rings. The van der Waals surface area contributed by atoms with Gasteiger partial charge >= 0.3 is 0 Å². The molecule has 0 radical (unpaired) electrons. The van der Waals surface area contributed by atoms with Crippen LogP contribution in [0, 0.1) is 20.8 Å². The number of hydrogen-bond acceptors (Lipinski definition) is 3. The third-order valence-electron chi connectivity index (χ3n) is 4.85. The summed E-state index contributed by atoms with van der Waals surface area (Å²) in [4.78, 5) is 21.0. The molecule has 0 aliphatic rings. The molecule has 2 aromatic heterocycles. The maximum atomic E-state index is 13.0. The Labute approximate surface area is 156 Å². The van der Waals surface area contributed by atoms with E-state index < -0.39 is 0 Å². The summed E-state index contributed by atoms with van der Waals surface area (Å²) in [6, 6.07) is 16.4. The molecule has 130 valence electrons. The molecule has 2 aromatic carbocycles. The van der Waals surface area contributed by atoms with Crippen LogP contribution in [0.4, 0.5) is 5.69 Å². The summed E-state index contributed by atoms with van der Waals surface area (Å²) < 4.78 is 0. The standard InChI is InChI=1S/C22H20N2OS/c1-13-5-7-16-11-17-12-20(26-21(17)23-19(16)9-13)22(25)24(4)18-8-6-14(2)15(3)10-18/h5-12H,1-4H3. The summed E-state index contributed by atoms with van der Waals surface area (Å²) in [6.45, 7) is 6.20. The van der Waals surface area contributed by atoms with Crippen LogP contribution in [0.5, 0.6) is 0 Å². The van der Waals surface area contributed by atoms with Crippen LogP contribution in [0.2, 0.25) is 0 Å². The Morgan fingerprint density at radius 3 is 2.50 bits per heavy atom. The molecule has 3 nitrogen and oxygen atoms in total. The molecule has 1 amide bonds. The maximum Gasteiger partial charge on any atom is 0.268 e. The maximum absolute atomic E-state index is 13.0. The Bertz CT molecular complexity index is 1160. The molecule has 4 aromatic rings. The normalized spacial score (nSPS) is 11.2. The average molecular weight is 360 g/mol. The number of rotatable bonds is 2. The molecule has 26 heavy (non-hydrogen) atoms. The zero-order valence-corrected chi connectivity index (χ0v) is 16.1. The molecule has 0 spiro atoms. The third-order valence-corrected chi connectivity index (χ3v) is 5.89. The highest BCUT2D eigenvalue weighted by molar-refractivity contribution is 7.20. The molecular formula is C22H20N2OS. The van der Waals surface area contributed by atoms with Crippen molar-refractivity contribution in [1.82, 2.24) is 4.98 Å². The Morgan fingerprint density at radius 2 is 1.73 bits per heavy atom. The van der Waals surface area contributed by atoms with E-state index in [1.807, 2.05) is 19.2 Å². The first-order valence-corrected chi connectivity index (χ1v) is 9.40. The van der Waals surface area contributed by atoms with E-state index in [1.54, 1.807) is 4.90 Å². The van der Waals surface area contributed by atoms with Crippen LogP contribution in [-0.2, 0) is 0 Å². The number of carbonyl (C=O) groups is 1. The summed E-state index contributed by atoms with van der Waals surface area (Å²) in [5.41, 5.74) is 5.47. The summed E-state index contributed by atoms with van der Waals surface area (Å²) in [7, 11) is 1.82. The lowest BCUT2D eigenvalue weighted by molar-refractivity contribution is 0.0997. The van der Waals surface area contributed by atoms with E-state index in [2.05, 4.69) is 57.2 Å². The van der Waals surface area contributed by atoms with Crippen LogP contribution in [0.25, 0.3) is 21.1 Å². The van der Waals surface area contributed by atoms with E-state index in [0.29, 0.717) is 4.88 Å². The molecule has 0 aliphatic heterocycles. The van der Waals surface area contributed by atoms with Gasteiger partial charge in [-0.25, -0.2) is 4.98 Å². The minimum atomic E-state index is -0.00325. The van der Waals surface area contributed by atoms with Crippen LogP contribution in [0.1, 0.15) is 26.4 Å². The first kappa shape index (κ1) is 16.7. The summed E-state index contributed by atoms with van der Waals surface area (Å²) in [5.74, 6) is -0.00325. The Hall–Kier alpha value is -2.72. The number of nitrogens with zero attached hydrogens (tertiary/aromatic N) is 2. The number of pyridine rings is 1. The van der Waals surface area contributed by atoms with Crippen molar-refractivity contribution >= 4 is 44.1 Å². The monoisotopic (exact) mass is 360 g/mol. The van der Waals surface area contributed by atoms with Crippen LogP contribution >= 0.6 is 11.3 Å². The molecule has 2 heterocycles. The quantitative estimate of drug-likeness (QED) is 0.463. The van der Waals surface area contributed by atoms with Crippen molar-refractivity contribution in [2.75, 3.05) is 11.9 Å². The number of thiophene rings is 1. The van der Waals surface area contributed by atoms with Gasteiger partial charge in [0.05, 0.1) is 10.4 Å². The molecule has 0 saturated carbocycles. The van der Waals surface area contributed by atoms with Crippen LogP contribution in [0.3, 0.4) is 0 Å². The van der Waals surface area contributed by atoms with E-state index >= 15 is 0 Å². The number of hydrogen-bond donors (Lipinski definition) is 0. The van der Waals surface area contributed by atoms with Crippen LogP contribution < -0.4 is 4.90 Å². The van der Waals surface area contributed by atoms with E-state index in [9.17, 15) is 4.79 Å². The van der Waals surface area contributed by atoms with E-state index in [0.717, 1.165) is 26.8 Å². The molecule has 4 rings (SSSR count). The van der Waals surface area contributed by atoms with Gasteiger partial charge < -0.3 is 4.90 Å². The van der Waals surface area contributed by atoms with E-state index in [4.69, 9.17) is 4.98 Å². The molecular weight excluding hydrogens is 340 g/mol. The highest BCUT2D eigenvalue weighted by atomic mass is 32.1. The van der Waals surface area contributed by atoms with Gasteiger partial charge in [-0.3, -0.25) is 4.79 Å². The number of aromatic nitrogens is 1. The van der Waals surface area contributed by atoms with Crippen LogP contribution in [0.15, 0.2) is 48.5 Å². The van der Waals surface area contributed by atoms with Gasteiger partial charge in [-0.15, -0.1) is 11.3 Å². The first-order valence-electron chi connectivity index (χ1n) is 8.58. The van der Waals surface area contributed by atoms with Gasteiger partial charge in [-0.2, -0.15) is 0 Å². The van der Waals surface area contributed by atoms with Gasteiger partial charge in [0.15, 0.2) is 0 Å². The largest absolute Gasteiger partial charge is 0.311 e. The van der Waals surface area contributed by atoms with Gasteiger partial charge in [0.25, 0.3) is 5.91 Å². The minimum absolute atomic E-state index is 0.00325. The molecule has 0 aliphatic carbocycles. The van der Waals surface area contributed by atoms with Crippen molar-refractivity contribution in [3.63, 3.8) is 0 Å². The van der Waals surface area contributed by atoms with Crippen molar-refractivity contribution in [1.29, 1.82) is 0 Å². The molecule has 0 atom stereocenters. The number of benzene rings is 2. The van der Waals surface area contributed by atoms with Crippen molar-refractivity contribution in [3.05, 3.63) is 70.1 Å². The number of carbonyl (C=O) groups excluding carboxylic acids is 1. The minimum Gasteiger partial charge on any atom is -0.311 e. The summed E-state index contributed by atoms with van der Waals surface area (Å²) >= 11 is 1.45. The van der Waals surface area contributed by atoms with Gasteiger partial charge in [0.1, 0.15) is 4.83 Å². The summed E-state index contributed by atoms with van der Waals surface area (Å²) in [6.07, 6.45) is 0. The van der Waals surface area contributed by atoms with E-state index in [1.165, 1.54) is 28.0 Å². The number of aryl methyl sites for hydroxylation is 3. The third kappa shape index (κ3) is 2.86. The Kier molecular flexibility index (Phi) is 4.00. The van der Waals surface area contributed by atoms with Crippen molar-refractivity contribution < 1.29 is 4.79 Å². The SMILES string of the molecule is Cc1ccc2cc3cc(C(=O)N(C)c4ccc(C)c(C)c4)sc3nc2c1. The highest BCUT2D eigenvalue weighted by Gasteiger charge is 2.17. The predicted octanol–water partition coefficient (Wildman–Crippen LogP) is 5.65. The zero-order valence-electron chi connectivity index (χ0n) is 15.3. The Balaban J connectivity index is 1.74. The number of amides is 1. The van der Waals surface area contributed by atoms with Gasteiger partial charge in [0.2, 0.25) is 0 Å². The summed E-state index contributed by atoms with van der Waals surface area (Å²) in [5, 5.41) is 2.12. The molecule has 4 heteroatoms. The highest BCUT2D eigenvalue weighted by Crippen LogP contribution is 2.29. The predicted molar refractivity (Wildman–Crippen MR) is 111 cm³/mol. The second kappa shape index (κ2) is 6.22. The fourth-order valence-corrected chi connectivity index (χ4v) is 4.06. The second-order valence-electron chi connectivity index (χ2n) is 6.82. The molecule has 0 unspecified atom stereocenters. The van der Waals surface area contributed by atoms with Gasteiger partial charge in [-0.05, 0) is 67.8 Å². The lowest BCUT2D eigenvalue weighted by atomic mass is 10.1. The first-order chi connectivity index (χ1) is 12.4. The fraction of sp³-hybridized carbons (Fsp3) is 0.182. The Morgan fingerprint density at radius 1 is 0.923 bits per heavy atom. The fourth-order valence-electron chi connectivity index (χ4n) is 3.06. The molecule has 0 bridgehead atoms. The molecule has 0 saturated heterocycles. The van der Waals surface area contributed by atoms with Crippen LogP contribution in [-0.4, -0.2) is 17.9 Å². The smallest absolute Gasteiger partial charge is 0.268 e. The van der Waals surface area contributed by atoms with Gasteiger partial charge in [0, 0.05) is 23.5 Å². The second-order valence-corrected chi connectivity index (χ2v) is 7.85. The lowest BCUT2D eigenvalue weighted by Crippen LogP contribution is -2.25. The van der Waals surface area contributed by atoms with Crippen molar-refractivity contribution in [3.8, 4) is 0 Å². The van der Waals surface area contributed by atoms with Gasteiger partial charge in [-0.1, -0.05) is 18.2 Å². The average Bonchev–Trinajstić information content (AvgIpc) is 3.03. The lowest BCUT2D eigenvalue weighted by Gasteiger charge is -2.17. The molecule has 0 N–H and O–H groups in total. The van der Waals surface area contributed by atoms with E-state index in [-0.39, 0.29) is 5.91 Å².